The summed E-state index contributed by atoms with van der Waals surface area (Å²) >= 11 is 0. The molecule has 1 atom stereocenters. The quantitative estimate of drug-likeness (QED) is 0.329. The first-order chi connectivity index (χ1) is 16.9. The van der Waals surface area contributed by atoms with Gasteiger partial charge >= 0.3 is 6.03 Å². The average molecular weight is 488 g/mol. The van der Waals surface area contributed by atoms with Gasteiger partial charge in [0.15, 0.2) is 0 Å². The van der Waals surface area contributed by atoms with Crippen LogP contribution in [0.15, 0.2) is 89.8 Å². The zero-order chi connectivity index (χ0) is 24.4. The third-order valence-corrected chi connectivity index (χ3v) is 7.64. The largest absolute Gasteiger partial charge is 0.339 e. The van der Waals surface area contributed by atoms with Crippen LogP contribution in [0, 0.1) is 0 Å². The molecule has 0 radical (unpaired) electrons. The molecule has 1 aliphatic heterocycles. The van der Waals surface area contributed by atoms with Crippen LogP contribution in [0.25, 0.3) is 10.8 Å². The van der Waals surface area contributed by atoms with E-state index in [1.165, 1.54) is 17.7 Å². The van der Waals surface area contributed by atoms with Gasteiger partial charge in [-0.1, -0.05) is 48.5 Å². The molecule has 0 bridgehead atoms. The summed E-state index contributed by atoms with van der Waals surface area (Å²) < 4.78 is 28.3. The van der Waals surface area contributed by atoms with Gasteiger partial charge in [0.05, 0.1) is 10.9 Å². The fourth-order valence-corrected chi connectivity index (χ4v) is 5.51. The maximum atomic E-state index is 12.8. The van der Waals surface area contributed by atoms with Crippen molar-refractivity contribution < 1.29 is 18.5 Å². The van der Waals surface area contributed by atoms with E-state index < -0.39 is 10.0 Å². The Labute approximate surface area is 204 Å². The second-order valence-electron chi connectivity index (χ2n) is 8.70. The van der Waals surface area contributed by atoms with Gasteiger partial charge in [-0.25, -0.2) is 13.2 Å². The number of anilines is 2. The van der Waals surface area contributed by atoms with E-state index >= 15 is 0 Å². The molecular weight excluding hydrogens is 460 g/mol. The second-order valence-corrected chi connectivity index (χ2v) is 10.4. The van der Waals surface area contributed by atoms with Gasteiger partial charge in [-0.2, -0.15) is 0 Å². The number of benzene rings is 4. The van der Waals surface area contributed by atoms with E-state index in [4.69, 9.17) is 0 Å². The van der Waals surface area contributed by atoms with E-state index in [9.17, 15) is 13.2 Å². The van der Waals surface area contributed by atoms with Crippen LogP contribution < -0.4 is 20.7 Å². The van der Waals surface area contributed by atoms with Crippen molar-refractivity contribution in [2.24, 2.45) is 0 Å². The van der Waals surface area contributed by atoms with Gasteiger partial charge in [-0.15, -0.1) is 0 Å². The third-order valence-electron chi connectivity index (χ3n) is 6.25. The van der Waals surface area contributed by atoms with Crippen molar-refractivity contribution in [1.82, 2.24) is 5.32 Å². The standard InChI is InChI=1S/C27H26N4O3S/c1-18(25-8-4-6-19-5-2-3-7-26(19)25)29-27(32)30-22-11-13-24(14-12-22)35(33,34)31-23-10-9-20-16-28-17-21(20)15-23/h2-15,18,28,31H,16-17H2,1H3,(H2,29,30,32)/p+1. The number of hydrogen-bond donors (Lipinski definition) is 4. The molecule has 4 aromatic carbocycles. The van der Waals surface area contributed by atoms with Crippen LogP contribution >= 0.6 is 0 Å². The van der Waals surface area contributed by atoms with Crippen molar-refractivity contribution in [3.05, 3.63) is 102 Å². The summed E-state index contributed by atoms with van der Waals surface area (Å²) in [5.74, 6) is 0. The van der Waals surface area contributed by atoms with E-state index in [-0.39, 0.29) is 17.0 Å². The Morgan fingerprint density at radius 2 is 1.57 bits per heavy atom. The predicted molar refractivity (Wildman–Crippen MR) is 138 cm³/mol. The smallest absolute Gasteiger partial charge is 0.319 e. The number of nitrogens with two attached hydrogens (primary N) is 1. The number of carbonyl (C=O) groups is 1. The zero-order valence-corrected chi connectivity index (χ0v) is 20.1. The minimum absolute atomic E-state index is 0.125. The summed E-state index contributed by atoms with van der Waals surface area (Å²) in [6, 6.07) is 25.2. The predicted octanol–water partition coefficient (Wildman–Crippen LogP) is 4.10. The van der Waals surface area contributed by atoms with Crippen LogP contribution in [-0.4, -0.2) is 14.4 Å². The number of fused-ring (bicyclic) bond motifs is 2. The minimum Gasteiger partial charge on any atom is -0.339 e. The molecule has 1 unspecified atom stereocenters. The van der Waals surface area contributed by atoms with E-state index in [2.05, 4.69) is 20.7 Å². The van der Waals surface area contributed by atoms with Crippen LogP contribution in [0.3, 0.4) is 0 Å². The summed E-state index contributed by atoms with van der Waals surface area (Å²) in [6.07, 6.45) is 0. The number of sulfonamides is 1. The van der Waals surface area contributed by atoms with E-state index in [1.54, 1.807) is 18.2 Å². The van der Waals surface area contributed by atoms with Crippen LogP contribution in [0.5, 0.6) is 0 Å². The molecule has 2 amide bonds. The molecule has 0 saturated carbocycles. The molecule has 178 valence electrons. The zero-order valence-electron chi connectivity index (χ0n) is 19.3. The highest BCUT2D eigenvalue weighted by atomic mass is 32.2. The molecule has 4 aromatic rings. The first kappa shape index (κ1) is 22.9. The molecule has 0 spiro atoms. The molecule has 1 aliphatic rings. The van der Waals surface area contributed by atoms with Gasteiger partial charge in [0, 0.05) is 22.5 Å². The maximum absolute atomic E-state index is 12.8. The van der Waals surface area contributed by atoms with Crippen molar-refractivity contribution in [2.45, 2.75) is 31.0 Å². The number of quaternary nitrogens is 1. The SMILES string of the molecule is CC(NC(=O)Nc1ccc(S(=O)(=O)Nc2ccc3c(c2)C[NH2+]C3)cc1)c1cccc2ccccc12. The molecule has 1 heterocycles. The van der Waals surface area contributed by atoms with Gasteiger partial charge in [0.1, 0.15) is 13.1 Å². The fourth-order valence-electron chi connectivity index (χ4n) is 4.46. The Morgan fingerprint density at radius 3 is 2.40 bits per heavy atom. The molecule has 0 aliphatic carbocycles. The highest BCUT2D eigenvalue weighted by Crippen LogP contribution is 2.25. The highest BCUT2D eigenvalue weighted by Gasteiger charge is 2.18. The number of carbonyl (C=O) groups excluding carboxylic acids is 1. The Bertz CT molecular complexity index is 1500. The van der Waals surface area contributed by atoms with E-state index in [1.807, 2.05) is 61.5 Å². The van der Waals surface area contributed by atoms with Gasteiger partial charge < -0.3 is 16.0 Å². The lowest BCUT2D eigenvalue weighted by atomic mass is 10.00. The number of amides is 2. The summed E-state index contributed by atoms with van der Waals surface area (Å²) in [4.78, 5) is 12.7. The molecule has 35 heavy (non-hydrogen) atoms. The molecule has 7 nitrogen and oxygen atoms in total. The molecule has 0 saturated heterocycles. The Kier molecular flexibility index (Phi) is 6.15. The molecule has 0 aromatic heterocycles. The number of hydrogen-bond acceptors (Lipinski definition) is 3. The van der Waals surface area contributed by atoms with Gasteiger partial charge in [-0.3, -0.25) is 4.72 Å². The summed E-state index contributed by atoms with van der Waals surface area (Å²) in [6.45, 7) is 3.71. The summed E-state index contributed by atoms with van der Waals surface area (Å²) in [5.41, 5.74) is 4.45. The van der Waals surface area contributed by atoms with E-state index in [0.29, 0.717) is 11.4 Å². The Balaban J connectivity index is 1.23. The summed E-state index contributed by atoms with van der Waals surface area (Å²) in [5, 5.41) is 10.1. The van der Waals surface area contributed by atoms with Crippen LogP contribution in [0.1, 0.15) is 29.7 Å². The number of rotatable bonds is 6. The topological polar surface area (TPSA) is 104 Å². The Hall–Kier alpha value is -3.88. The van der Waals surface area contributed by atoms with Crippen LogP contribution in [-0.2, 0) is 23.1 Å². The van der Waals surface area contributed by atoms with Crippen LogP contribution in [0.4, 0.5) is 16.2 Å². The van der Waals surface area contributed by atoms with Crippen molar-refractivity contribution >= 4 is 38.2 Å². The minimum atomic E-state index is -3.74. The van der Waals surface area contributed by atoms with Crippen molar-refractivity contribution in [3.63, 3.8) is 0 Å². The highest BCUT2D eigenvalue weighted by molar-refractivity contribution is 7.92. The first-order valence-electron chi connectivity index (χ1n) is 11.5. The second kappa shape index (κ2) is 9.40. The number of nitrogens with one attached hydrogen (secondary N) is 3. The lowest BCUT2D eigenvalue weighted by molar-refractivity contribution is -0.676. The number of urea groups is 1. The lowest BCUT2D eigenvalue weighted by Gasteiger charge is -2.17. The molecule has 5 N–H and O–H groups in total. The molecule has 8 heteroatoms. The third kappa shape index (κ3) is 4.99. The van der Waals surface area contributed by atoms with Crippen molar-refractivity contribution in [1.29, 1.82) is 0 Å². The van der Waals surface area contributed by atoms with Gasteiger partial charge in [0.2, 0.25) is 0 Å². The lowest BCUT2D eigenvalue weighted by Crippen LogP contribution is -2.77. The molecule has 0 fully saturated rings. The van der Waals surface area contributed by atoms with Crippen molar-refractivity contribution in [2.75, 3.05) is 10.0 Å². The fraction of sp³-hybridized carbons (Fsp3) is 0.148. The molecule has 5 rings (SSSR count). The van der Waals surface area contributed by atoms with Crippen LogP contribution in [0.2, 0.25) is 0 Å². The molecular formula is C27H27N4O3S+. The van der Waals surface area contributed by atoms with Gasteiger partial charge in [-0.05, 0) is 59.7 Å². The average Bonchev–Trinajstić information content (AvgIpc) is 3.31. The normalized spacial score (nSPS) is 13.7. The Morgan fingerprint density at radius 1 is 0.857 bits per heavy atom. The van der Waals surface area contributed by atoms with Gasteiger partial charge in [0.25, 0.3) is 10.0 Å². The van der Waals surface area contributed by atoms with E-state index in [0.717, 1.165) is 35.0 Å². The van der Waals surface area contributed by atoms with Crippen molar-refractivity contribution in [3.8, 4) is 0 Å². The first-order valence-corrected chi connectivity index (χ1v) is 13.0. The monoisotopic (exact) mass is 487 g/mol. The summed E-state index contributed by atoms with van der Waals surface area (Å²) in [7, 11) is -3.74. The maximum Gasteiger partial charge on any atom is 0.319 e.